The first-order chi connectivity index (χ1) is 8.08. The molecule has 1 aliphatic rings. The molecule has 5 nitrogen and oxygen atoms in total. The molecule has 0 radical (unpaired) electrons. The molecule has 1 aliphatic heterocycles. The molecule has 5 heteroatoms. The maximum Gasteiger partial charge on any atom is 0.304 e. The molecule has 100 valence electrons. The quantitative estimate of drug-likeness (QED) is 0.713. The minimum atomic E-state index is -0.696. The SMILES string of the molecule is CN(C)CCN1CCCN(CCC(=O)O)CC1. The molecule has 1 fully saturated rings. The third-order valence-electron chi connectivity index (χ3n) is 3.19. The molecular weight excluding hydrogens is 218 g/mol. The number of carbonyl (C=O) groups is 1. The van der Waals surface area contributed by atoms with Gasteiger partial charge in [0.1, 0.15) is 0 Å². The fraction of sp³-hybridized carbons (Fsp3) is 0.917. The van der Waals surface area contributed by atoms with Crippen molar-refractivity contribution >= 4 is 5.97 Å². The Labute approximate surface area is 104 Å². The minimum absolute atomic E-state index is 0.262. The summed E-state index contributed by atoms with van der Waals surface area (Å²) in [5.41, 5.74) is 0. The van der Waals surface area contributed by atoms with Crippen molar-refractivity contribution in [1.82, 2.24) is 14.7 Å². The molecule has 0 spiro atoms. The second-order valence-corrected chi connectivity index (χ2v) is 4.98. The van der Waals surface area contributed by atoms with Gasteiger partial charge in [-0.2, -0.15) is 0 Å². The highest BCUT2D eigenvalue weighted by Gasteiger charge is 2.15. The normalized spacial score (nSPS) is 19.5. The molecule has 1 N–H and O–H groups in total. The summed E-state index contributed by atoms with van der Waals surface area (Å²) < 4.78 is 0. The Bertz CT molecular complexity index is 234. The van der Waals surface area contributed by atoms with Gasteiger partial charge in [-0.3, -0.25) is 4.79 Å². The van der Waals surface area contributed by atoms with Crippen LogP contribution in [-0.2, 0) is 4.79 Å². The predicted molar refractivity (Wildman–Crippen MR) is 68.3 cm³/mol. The van der Waals surface area contributed by atoms with Gasteiger partial charge in [0.05, 0.1) is 6.42 Å². The van der Waals surface area contributed by atoms with Crippen molar-refractivity contribution in [1.29, 1.82) is 0 Å². The highest BCUT2D eigenvalue weighted by atomic mass is 16.4. The monoisotopic (exact) mass is 243 g/mol. The molecule has 0 saturated carbocycles. The molecule has 0 atom stereocenters. The van der Waals surface area contributed by atoms with Gasteiger partial charge in [0, 0.05) is 32.7 Å². The predicted octanol–water partition coefficient (Wildman–Crippen LogP) is 0.0304. The maximum absolute atomic E-state index is 10.5. The molecule has 0 aromatic heterocycles. The molecule has 0 aliphatic carbocycles. The molecular formula is C12H25N3O2. The van der Waals surface area contributed by atoms with Crippen LogP contribution in [0.2, 0.25) is 0 Å². The Balaban J connectivity index is 2.22. The first-order valence-corrected chi connectivity index (χ1v) is 6.39. The summed E-state index contributed by atoms with van der Waals surface area (Å²) in [6, 6.07) is 0. The summed E-state index contributed by atoms with van der Waals surface area (Å²) in [4.78, 5) is 17.5. The van der Waals surface area contributed by atoms with Crippen molar-refractivity contribution in [3.8, 4) is 0 Å². The fourth-order valence-corrected chi connectivity index (χ4v) is 2.07. The average molecular weight is 243 g/mol. The van der Waals surface area contributed by atoms with Crippen LogP contribution in [0.3, 0.4) is 0 Å². The zero-order valence-electron chi connectivity index (χ0n) is 11.1. The Morgan fingerprint density at radius 3 is 2.24 bits per heavy atom. The molecule has 0 aromatic carbocycles. The summed E-state index contributed by atoms with van der Waals surface area (Å²) >= 11 is 0. The van der Waals surface area contributed by atoms with Gasteiger partial charge in [-0.05, 0) is 33.6 Å². The second-order valence-electron chi connectivity index (χ2n) is 4.98. The van der Waals surface area contributed by atoms with Crippen LogP contribution in [0.5, 0.6) is 0 Å². The molecule has 0 aromatic rings. The first kappa shape index (κ1) is 14.4. The molecule has 0 amide bonds. The Morgan fingerprint density at radius 2 is 1.71 bits per heavy atom. The van der Waals surface area contributed by atoms with E-state index in [9.17, 15) is 4.79 Å². The van der Waals surface area contributed by atoms with E-state index in [1.54, 1.807) is 0 Å². The summed E-state index contributed by atoms with van der Waals surface area (Å²) in [6.07, 6.45) is 1.41. The maximum atomic E-state index is 10.5. The van der Waals surface area contributed by atoms with E-state index >= 15 is 0 Å². The third kappa shape index (κ3) is 6.61. The van der Waals surface area contributed by atoms with E-state index in [1.165, 1.54) is 0 Å². The van der Waals surface area contributed by atoms with Crippen molar-refractivity contribution in [3.63, 3.8) is 0 Å². The van der Waals surface area contributed by atoms with Gasteiger partial charge in [0.25, 0.3) is 0 Å². The van der Waals surface area contributed by atoms with Crippen LogP contribution in [0.1, 0.15) is 12.8 Å². The molecule has 1 heterocycles. The van der Waals surface area contributed by atoms with Crippen molar-refractivity contribution in [2.24, 2.45) is 0 Å². The van der Waals surface area contributed by atoms with Crippen LogP contribution in [0.4, 0.5) is 0 Å². The number of likely N-dealkylation sites (N-methyl/N-ethyl adjacent to an activating group) is 1. The molecule has 17 heavy (non-hydrogen) atoms. The van der Waals surface area contributed by atoms with Gasteiger partial charge in [-0.25, -0.2) is 0 Å². The van der Waals surface area contributed by atoms with E-state index in [-0.39, 0.29) is 6.42 Å². The lowest BCUT2D eigenvalue weighted by molar-refractivity contribution is -0.137. The number of aliphatic carboxylic acids is 1. The Kier molecular flexibility index (Phi) is 6.47. The zero-order valence-corrected chi connectivity index (χ0v) is 11.1. The smallest absolute Gasteiger partial charge is 0.304 e. The van der Waals surface area contributed by atoms with Gasteiger partial charge in [-0.1, -0.05) is 0 Å². The van der Waals surface area contributed by atoms with Crippen LogP contribution in [0.15, 0.2) is 0 Å². The number of rotatable bonds is 6. The lowest BCUT2D eigenvalue weighted by Crippen LogP contribution is -2.35. The lowest BCUT2D eigenvalue weighted by atomic mass is 10.3. The van der Waals surface area contributed by atoms with E-state index in [0.717, 1.165) is 45.7 Å². The van der Waals surface area contributed by atoms with Crippen molar-refractivity contribution in [3.05, 3.63) is 0 Å². The topological polar surface area (TPSA) is 47.0 Å². The van der Waals surface area contributed by atoms with Gasteiger partial charge in [-0.15, -0.1) is 0 Å². The highest BCUT2D eigenvalue weighted by molar-refractivity contribution is 5.66. The molecule has 1 rings (SSSR count). The standard InChI is InChI=1S/C12H25N3O2/c1-13(2)8-9-15-6-3-5-14(10-11-15)7-4-12(16)17/h3-11H2,1-2H3,(H,16,17). The summed E-state index contributed by atoms with van der Waals surface area (Å²) in [6.45, 7) is 7.13. The van der Waals surface area contributed by atoms with Crippen LogP contribution in [0, 0.1) is 0 Å². The number of nitrogens with zero attached hydrogens (tertiary/aromatic N) is 3. The van der Waals surface area contributed by atoms with Crippen LogP contribution in [0.25, 0.3) is 0 Å². The number of hydrogen-bond acceptors (Lipinski definition) is 4. The van der Waals surface area contributed by atoms with Gasteiger partial charge in [0.2, 0.25) is 0 Å². The third-order valence-corrected chi connectivity index (χ3v) is 3.19. The number of carboxylic acid groups (broad SMARTS) is 1. The largest absolute Gasteiger partial charge is 0.481 e. The van der Waals surface area contributed by atoms with Crippen molar-refractivity contribution in [2.75, 3.05) is 59.9 Å². The minimum Gasteiger partial charge on any atom is -0.481 e. The number of carboxylic acids is 1. The van der Waals surface area contributed by atoms with E-state index in [1.807, 2.05) is 0 Å². The van der Waals surface area contributed by atoms with E-state index in [0.29, 0.717) is 6.54 Å². The van der Waals surface area contributed by atoms with Crippen molar-refractivity contribution < 1.29 is 9.90 Å². The van der Waals surface area contributed by atoms with E-state index < -0.39 is 5.97 Å². The fourth-order valence-electron chi connectivity index (χ4n) is 2.07. The molecule has 0 bridgehead atoms. The molecule has 0 unspecified atom stereocenters. The number of hydrogen-bond donors (Lipinski definition) is 1. The second kappa shape index (κ2) is 7.63. The van der Waals surface area contributed by atoms with Gasteiger partial charge in [0.15, 0.2) is 0 Å². The Morgan fingerprint density at radius 1 is 1.12 bits per heavy atom. The summed E-state index contributed by atoms with van der Waals surface area (Å²) in [7, 11) is 4.19. The van der Waals surface area contributed by atoms with Crippen LogP contribution in [-0.4, -0.2) is 85.7 Å². The van der Waals surface area contributed by atoms with Crippen LogP contribution >= 0.6 is 0 Å². The first-order valence-electron chi connectivity index (χ1n) is 6.39. The van der Waals surface area contributed by atoms with Crippen molar-refractivity contribution in [2.45, 2.75) is 12.8 Å². The highest BCUT2D eigenvalue weighted by Crippen LogP contribution is 2.03. The summed E-state index contributed by atoms with van der Waals surface area (Å²) in [5, 5.41) is 8.67. The lowest BCUT2D eigenvalue weighted by Gasteiger charge is -2.22. The van der Waals surface area contributed by atoms with Crippen LogP contribution < -0.4 is 0 Å². The summed E-state index contributed by atoms with van der Waals surface area (Å²) in [5.74, 6) is -0.696. The van der Waals surface area contributed by atoms with E-state index in [4.69, 9.17) is 5.11 Å². The molecule has 1 saturated heterocycles. The average Bonchev–Trinajstić information content (AvgIpc) is 2.48. The van der Waals surface area contributed by atoms with E-state index in [2.05, 4.69) is 28.8 Å². The Hall–Kier alpha value is -0.650. The van der Waals surface area contributed by atoms with Gasteiger partial charge >= 0.3 is 5.97 Å². The van der Waals surface area contributed by atoms with Gasteiger partial charge < -0.3 is 19.8 Å². The zero-order chi connectivity index (χ0) is 12.7.